The fourth-order valence-corrected chi connectivity index (χ4v) is 4.49. The number of carbonyl (C=O) groups is 2. The summed E-state index contributed by atoms with van der Waals surface area (Å²) in [5.41, 5.74) is 1.77. The van der Waals surface area contributed by atoms with Gasteiger partial charge in [-0.3, -0.25) is 4.79 Å². The van der Waals surface area contributed by atoms with Crippen molar-refractivity contribution in [2.45, 2.75) is 57.0 Å². The van der Waals surface area contributed by atoms with E-state index in [1.165, 1.54) is 25.3 Å². The van der Waals surface area contributed by atoms with Gasteiger partial charge in [0.15, 0.2) is 9.84 Å². The fourth-order valence-electron chi connectivity index (χ4n) is 3.40. The predicted octanol–water partition coefficient (Wildman–Crippen LogP) is 3.79. The van der Waals surface area contributed by atoms with E-state index >= 15 is 0 Å². The van der Waals surface area contributed by atoms with Gasteiger partial charge in [0.1, 0.15) is 31.4 Å². The fraction of sp³-hybridized carbons (Fsp3) is 0.448. The van der Waals surface area contributed by atoms with Crippen molar-refractivity contribution in [3.8, 4) is 5.75 Å². The Bertz CT molecular complexity index is 1190. The summed E-state index contributed by atoms with van der Waals surface area (Å²) < 4.78 is 56.8. The molecule has 2 rings (SSSR count). The van der Waals surface area contributed by atoms with Gasteiger partial charge in [0, 0.05) is 13.2 Å². The number of hydrogen-bond acceptors (Lipinski definition) is 10. The third kappa shape index (κ3) is 11.9. The van der Waals surface area contributed by atoms with Crippen LogP contribution in [0.5, 0.6) is 5.75 Å². The Morgan fingerprint density at radius 2 is 1.62 bits per heavy atom. The third-order valence-corrected chi connectivity index (χ3v) is 7.40. The van der Waals surface area contributed by atoms with Gasteiger partial charge >= 0.3 is 11.9 Å². The van der Waals surface area contributed by atoms with Crippen LogP contribution in [0.4, 0.5) is 0 Å². The molecule has 0 fully saturated rings. The first-order valence-electron chi connectivity index (χ1n) is 12.7. The van der Waals surface area contributed by atoms with Crippen molar-refractivity contribution in [3.63, 3.8) is 0 Å². The first-order chi connectivity index (χ1) is 19.0. The molecule has 0 aromatic heterocycles. The molecule has 0 unspecified atom stereocenters. The van der Waals surface area contributed by atoms with Crippen molar-refractivity contribution >= 4 is 21.8 Å². The summed E-state index contributed by atoms with van der Waals surface area (Å²) in [5, 5.41) is 0. The highest BCUT2D eigenvalue weighted by molar-refractivity contribution is 7.91. The highest BCUT2D eigenvalue weighted by atomic mass is 32.2. The van der Waals surface area contributed by atoms with E-state index in [1.807, 2.05) is 19.1 Å². The normalized spacial score (nSPS) is 13.9. The molecule has 220 valence electrons. The molecule has 0 aliphatic rings. The maximum atomic E-state index is 12.5. The highest BCUT2D eigenvalue weighted by Gasteiger charge is 2.22. The number of esters is 2. The van der Waals surface area contributed by atoms with Crippen LogP contribution in [-0.2, 0) is 49.7 Å². The van der Waals surface area contributed by atoms with Gasteiger partial charge in [0.05, 0.1) is 36.9 Å². The summed E-state index contributed by atoms with van der Waals surface area (Å²) in [7, 11) is -0.547. The molecule has 0 bridgehead atoms. The van der Waals surface area contributed by atoms with Crippen LogP contribution in [-0.4, -0.2) is 72.0 Å². The van der Waals surface area contributed by atoms with Crippen LogP contribution >= 0.6 is 0 Å². The van der Waals surface area contributed by atoms with Gasteiger partial charge < -0.3 is 28.4 Å². The number of carbonyl (C=O) groups excluding carboxylic acids is 2. The van der Waals surface area contributed by atoms with Crippen molar-refractivity contribution < 1.29 is 46.4 Å². The van der Waals surface area contributed by atoms with Gasteiger partial charge in [-0.05, 0) is 56.7 Å². The van der Waals surface area contributed by atoms with Crippen molar-refractivity contribution in [2.75, 3.05) is 33.4 Å². The Hall–Kier alpha value is -3.25. The molecule has 0 heterocycles. The average Bonchev–Trinajstić information content (AvgIpc) is 2.92. The summed E-state index contributed by atoms with van der Waals surface area (Å²) in [6.45, 7) is 5.12. The second-order valence-corrected chi connectivity index (χ2v) is 11.2. The number of sulfone groups is 1. The Labute approximate surface area is 236 Å². The second-order valence-electron chi connectivity index (χ2n) is 9.07. The van der Waals surface area contributed by atoms with Crippen LogP contribution in [0, 0.1) is 6.92 Å². The van der Waals surface area contributed by atoms with Crippen LogP contribution in [0.15, 0.2) is 65.6 Å². The van der Waals surface area contributed by atoms with Crippen LogP contribution in [0.25, 0.3) is 0 Å². The van der Waals surface area contributed by atoms with Crippen LogP contribution < -0.4 is 4.74 Å². The quantitative estimate of drug-likeness (QED) is 0.156. The highest BCUT2D eigenvalue weighted by Crippen LogP contribution is 2.16. The zero-order chi connectivity index (χ0) is 29.5. The molecule has 0 aliphatic carbocycles. The minimum Gasteiger partial charge on any atom is -0.497 e. The Morgan fingerprint density at radius 1 is 0.950 bits per heavy atom. The molecule has 0 amide bonds. The number of methoxy groups -OCH3 is 2. The zero-order valence-electron chi connectivity index (χ0n) is 23.5. The van der Waals surface area contributed by atoms with Crippen LogP contribution in [0.1, 0.15) is 31.4 Å². The largest absolute Gasteiger partial charge is 0.497 e. The topological polar surface area (TPSA) is 124 Å². The van der Waals surface area contributed by atoms with Crippen molar-refractivity contribution in [1.82, 2.24) is 0 Å². The third-order valence-electron chi connectivity index (χ3n) is 5.70. The molecule has 10 nitrogen and oxygen atoms in total. The van der Waals surface area contributed by atoms with Gasteiger partial charge in [-0.1, -0.05) is 29.8 Å². The number of rotatable bonds is 17. The number of aryl methyl sites for hydroxylation is 1. The van der Waals surface area contributed by atoms with Gasteiger partial charge in [-0.15, -0.1) is 0 Å². The summed E-state index contributed by atoms with van der Waals surface area (Å²) in [6, 6.07) is 13.7. The summed E-state index contributed by atoms with van der Waals surface area (Å²) in [4.78, 5) is 24.9. The first-order valence-corrected chi connectivity index (χ1v) is 14.4. The molecule has 0 saturated heterocycles. The average molecular weight is 579 g/mol. The van der Waals surface area contributed by atoms with E-state index in [1.54, 1.807) is 45.2 Å². The predicted molar refractivity (Wildman–Crippen MR) is 147 cm³/mol. The SMILES string of the molecule is COCO[C@@H](C)CC(=O)O[C@@H](C)[C@@H](/C=C/C(=O)OCCS(=O)(=O)c1ccc(C)cc1)OCc1ccc(OC)cc1. The monoisotopic (exact) mass is 578 g/mol. The lowest BCUT2D eigenvalue weighted by Crippen LogP contribution is -2.31. The Kier molecular flexibility index (Phi) is 13.8. The Balaban J connectivity index is 1.99. The minimum absolute atomic E-state index is 0.000112. The standard InChI is InChI=1S/C29H38O10S/c1-21-6-12-26(13-7-21)40(32,33)17-16-36-28(30)15-14-27(37-19-24-8-10-25(35-5)11-9-24)23(3)39-29(31)18-22(2)38-20-34-4/h6-15,22-23,27H,16-20H2,1-5H3/b15-14+/t22-,23-,27+/m0/s1. The van der Waals surface area contributed by atoms with Gasteiger partial charge in [-0.2, -0.15) is 0 Å². The van der Waals surface area contributed by atoms with E-state index in [9.17, 15) is 18.0 Å². The first kappa shape index (κ1) is 33.0. The summed E-state index contributed by atoms with van der Waals surface area (Å²) in [6.07, 6.45) is 0.575. The van der Waals surface area contributed by atoms with Crippen LogP contribution in [0.2, 0.25) is 0 Å². The number of ether oxygens (including phenoxy) is 6. The minimum atomic E-state index is -3.60. The molecule has 0 spiro atoms. The lowest BCUT2D eigenvalue weighted by Gasteiger charge is -2.23. The maximum absolute atomic E-state index is 12.5. The molecule has 0 N–H and O–H groups in total. The molecule has 2 aromatic carbocycles. The van der Waals surface area contributed by atoms with Crippen molar-refractivity contribution in [3.05, 3.63) is 71.8 Å². The smallest absolute Gasteiger partial charge is 0.330 e. The molecular formula is C29H38O10S. The molecule has 11 heteroatoms. The molecular weight excluding hydrogens is 540 g/mol. The molecule has 3 atom stereocenters. The molecule has 0 radical (unpaired) electrons. The van der Waals surface area contributed by atoms with E-state index in [0.29, 0.717) is 5.75 Å². The molecule has 40 heavy (non-hydrogen) atoms. The van der Waals surface area contributed by atoms with Gasteiger partial charge in [0.2, 0.25) is 0 Å². The van der Waals surface area contributed by atoms with Gasteiger partial charge in [0.25, 0.3) is 0 Å². The lowest BCUT2D eigenvalue weighted by atomic mass is 10.2. The summed E-state index contributed by atoms with van der Waals surface area (Å²) >= 11 is 0. The Morgan fingerprint density at radius 3 is 2.25 bits per heavy atom. The lowest BCUT2D eigenvalue weighted by molar-refractivity contribution is -0.159. The molecule has 0 aliphatic heterocycles. The van der Waals surface area contributed by atoms with Crippen molar-refractivity contribution in [1.29, 1.82) is 0 Å². The van der Waals surface area contributed by atoms with E-state index in [2.05, 4.69) is 0 Å². The van der Waals surface area contributed by atoms with E-state index in [0.717, 1.165) is 17.2 Å². The van der Waals surface area contributed by atoms with E-state index in [4.69, 9.17) is 28.4 Å². The zero-order valence-corrected chi connectivity index (χ0v) is 24.3. The number of benzene rings is 2. The van der Waals surface area contributed by atoms with Gasteiger partial charge in [-0.25, -0.2) is 13.2 Å². The van der Waals surface area contributed by atoms with E-state index < -0.39 is 40.1 Å². The van der Waals surface area contributed by atoms with Crippen LogP contribution in [0.3, 0.4) is 0 Å². The maximum Gasteiger partial charge on any atom is 0.330 e. The summed E-state index contributed by atoms with van der Waals surface area (Å²) in [5.74, 6) is -0.923. The second kappa shape index (κ2) is 16.8. The molecule has 0 saturated carbocycles. The number of hydrogen-bond donors (Lipinski definition) is 0. The van der Waals surface area contributed by atoms with E-state index in [-0.39, 0.29) is 37.1 Å². The molecule has 2 aromatic rings. The van der Waals surface area contributed by atoms with Crippen molar-refractivity contribution in [2.24, 2.45) is 0 Å².